The average Bonchev–Trinajstić information content (AvgIpc) is 3.25. The molecule has 6 nitrogen and oxygen atoms in total. The fraction of sp³-hybridized carbons (Fsp3) is 0.0714. The van der Waals surface area contributed by atoms with Gasteiger partial charge in [-0.05, 0) is 57.9 Å². The highest BCUT2D eigenvalue weighted by atomic mass is 79.9. The van der Waals surface area contributed by atoms with E-state index in [2.05, 4.69) is 33.4 Å². The number of pyridine rings is 1. The standard InChI is InChI=1S/C28H22BrN3O3/c1-34-23-13-7-6-12-22(23)28(33)35-24-14-8-5-11-21(24)26-27(30-17-19-9-3-2-4-10-19)32-18-20(29)15-16-25(32)31-26/h2-16,18,30H,17H2,1H3. The predicted molar refractivity (Wildman–Crippen MR) is 140 cm³/mol. The number of aromatic nitrogens is 2. The van der Waals surface area contributed by atoms with E-state index in [0.29, 0.717) is 34.9 Å². The van der Waals surface area contributed by atoms with E-state index in [1.54, 1.807) is 24.3 Å². The van der Waals surface area contributed by atoms with Gasteiger partial charge in [-0.1, -0.05) is 54.6 Å². The number of imidazole rings is 1. The van der Waals surface area contributed by atoms with Gasteiger partial charge in [-0.25, -0.2) is 9.78 Å². The van der Waals surface area contributed by atoms with Gasteiger partial charge in [-0.3, -0.25) is 4.40 Å². The highest BCUT2D eigenvalue weighted by Gasteiger charge is 2.21. The Morgan fingerprint density at radius 2 is 1.63 bits per heavy atom. The summed E-state index contributed by atoms with van der Waals surface area (Å²) in [5, 5.41) is 3.53. The number of nitrogens with one attached hydrogen (secondary N) is 1. The van der Waals surface area contributed by atoms with Crippen LogP contribution in [0.2, 0.25) is 0 Å². The molecule has 0 aliphatic rings. The molecular weight excluding hydrogens is 506 g/mol. The van der Waals surface area contributed by atoms with Crippen LogP contribution in [0.1, 0.15) is 15.9 Å². The number of nitrogens with zero attached hydrogens (tertiary/aromatic N) is 2. The molecular formula is C28H22BrN3O3. The Hall–Kier alpha value is -4.10. The Kier molecular flexibility index (Phi) is 6.50. The Bertz CT molecular complexity index is 1500. The monoisotopic (exact) mass is 527 g/mol. The molecule has 1 N–H and O–H groups in total. The lowest BCUT2D eigenvalue weighted by Gasteiger charge is -2.13. The van der Waals surface area contributed by atoms with Crippen molar-refractivity contribution in [1.29, 1.82) is 0 Å². The molecule has 35 heavy (non-hydrogen) atoms. The maximum Gasteiger partial charge on any atom is 0.347 e. The maximum absolute atomic E-state index is 13.0. The van der Waals surface area contributed by atoms with Crippen LogP contribution < -0.4 is 14.8 Å². The summed E-state index contributed by atoms with van der Waals surface area (Å²) < 4.78 is 14.1. The minimum atomic E-state index is -0.500. The fourth-order valence-electron chi connectivity index (χ4n) is 3.88. The topological polar surface area (TPSA) is 64.9 Å². The largest absolute Gasteiger partial charge is 0.496 e. The number of hydrogen-bond acceptors (Lipinski definition) is 5. The number of ether oxygens (including phenoxy) is 2. The number of methoxy groups -OCH3 is 1. The zero-order valence-corrected chi connectivity index (χ0v) is 20.5. The van der Waals surface area contributed by atoms with Crippen LogP contribution in [0.25, 0.3) is 16.9 Å². The maximum atomic E-state index is 13.0. The van der Waals surface area contributed by atoms with E-state index >= 15 is 0 Å². The van der Waals surface area contributed by atoms with Crippen LogP contribution in [0.15, 0.2) is 102 Å². The first-order valence-electron chi connectivity index (χ1n) is 11.0. The first kappa shape index (κ1) is 22.7. The molecule has 0 bridgehead atoms. The number of esters is 1. The minimum absolute atomic E-state index is 0.353. The summed E-state index contributed by atoms with van der Waals surface area (Å²) in [6, 6.07) is 28.4. The van der Waals surface area contributed by atoms with Gasteiger partial charge in [-0.2, -0.15) is 0 Å². The van der Waals surface area contributed by atoms with Crippen molar-refractivity contribution in [3.05, 3.63) is 113 Å². The van der Waals surface area contributed by atoms with Crippen LogP contribution in [0.5, 0.6) is 11.5 Å². The van der Waals surface area contributed by atoms with Crippen LogP contribution >= 0.6 is 15.9 Å². The van der Waals surface area contributed by atoms with Crippen LogP contribution in [0, 0.1) is 0 Å². The lowest BCUT2D eigenvalue weighted by atomic mass is 10.1. The van der Waals surface area contributed by atoms with Crippen LogP contribution in [-0.4, -0.2) is 22.5 Å². The van der Waals surface area contributed by atoms with E-state index < -0.39 is 5.97 Å². The van der Waals surface area contributed by atoms with Gasteiger partial charge in [0, 0.05) is 22.8 Å². The van der Waals surface area contributed by atoms with E-state index in [-0.39, 0.29) is 0 Å². The number of hydrogen-bond donors (Lipinski definition) is 1. The molecule has 0 saturated heterocycles. The zero-order valence-electron chi connectivity index (χ0n) is 18.9. The average molecular weight is 528 g/mol. The van der Waals surface area contributed by atoms with Gasteiger partial charge >= 0.3 is 5.97 Å². The number of carbonyl (C=O) groups is 1. The molecule has 5 rings (SSSR count). The molecule has 0 radical (unpaired) electrons. The number of halogens is 1. The zero-order chi connectivity index (χ0) is 24.2. The van der Waals surface area contributed by atoms with E-state index in [4.69, 9.17) is 14.5 Å². The third-order valence-electron chi connectivity index (χ3n) is 5.56. The summed E-state index contributed by atoms with van der Waals surface area (Å²) in [4.78, 5) is 17.9. The van der Waals surface area contributed by atoms with E-state index in [1.165, 1.54) is 7.11 Å². The van der Waals surface area contributed by atoms with Gasteiger partial charge in [-0.15, -0.1) is 0 Å². The Morgan fingerprint density at radius 3 is 2.43 bits per heavy atom. The summed E-state index contributed by atoms with van der Waals surface area (Å²) >= 11 is 3.56. The first-order valence-corrected chi connectivity index (χ1v) is 11.8. The van der Waals surface area contributed by atoms with Crippen molar-refractivity contribution in [1.82, 2.24) is 9.38 Å². The molecule has 0 aliphatic heterocycles. The molecule has 0 spiro atoms. The second-order valence-electron chi connectivity index (χ2n) is 7.81. The minimum Gasteiger partial charge on any atom is -0.496 e. The van der Waals surface area contributed by atoms with E-state index in [1.807, 2.05) is 65.2 Å². The quantitative estimate of drug-likeness (QED) is 0.190. The van der Waals surface area contributed by atoms with Crippen molar-refractivity contribution in [3.63, 3.8) is 0 Å². The van der Waals surface area contributed by atoms with Gasteiger partial charge in [0.05, 0.1) is 7.11 Å². The summed E-state index contributed by atoms with van der Waals surface area (Å²) in [5.41, 5.74) is 3.64. The SMILES string of the molecule is COc1ccccc1C(=O)Oc1ccccc1-c1nc2ccc(Br)cn2c1NCc1ccccc1. The van der Waals surface area contributed by atoms with Crippen molar-refractivity contribution in [2.24, 2.45) is 0 Å². The van der Waals surface area contributed by atoms with Gasteiger partial charge in [0.25, 0.3) is 0 Å². The molecule has 174 valence electrons. The lowest BCUT2D eigenvalue weighted by molar-refractivity contribution is 0.0732. The molecule has 0 aliphatic carbocycles. The van der Waals surface area contributed by atoms with Crippen LogP contribution in [-0.2, 0) is 6.54 Å². The predicted octanol–water partition coefficient (Wildman–Crippen LogP) is 6.60. The van der Waals surface area contributed by atoms with E-state index in [9.17, 15) is 4.79 Å². The molecule has 0 atom stereocenters. The summed E-state index contributed by atoms with van der Waals surface area (Å²) in [7, 11) is 1.53. The Labute approximate surface area is 211 Å². The van der Waals surface area contributed by atoms with E-state index in [0.717, 1.165) is 21.5 Å². The lowest BCUT2D eigenvalue weighted by Crippen LogP contribution is -2.11. The first-order chi connectivity index (χ1) is 17.1. The third-order valence-corrected chi connectivity index (χ3v) is 6.03. The fourth-order valence-corrected chi connectivity index (χ4v) is 4.21. The number of para-hydroxylation sites is 2. The number of benzene rings is 3. The van der Waals surface area contributed by atoms with Gasteiger partial charge in [0.2, 0.25) is 0 Å². The van der Waals surface area contributed by atoms with Crippen molar-refractivity contribution in [2.75, 3.05) is 12.4 Å². The van der Waals surface area contributed by atoms with Gasteiger partial charge in [0.1, 0.15) is 34.2 Å². The van der Waals surface area contributed by atoms with Crippen molar-refractivity contribution in [2.45, 2.75) is 6.54 Å². The highest BCUT2D eigenvalue weighted by molar-refractivity contribution is 9.10. The molecule has 5 aromatic rings. The van der Waals surface area contributed by atoms with Crippen molar-refractivity contribution >= 4 is 33.4 Å². The third kappa shape index (κ3) is 4.76. The second-order valence-corrected chi connectivity index (χ2v) is 8.73. The molecule has 0 unspecified atom stereocenters. The van der Waals surface area contributed by atoms with Crippen molar-refractivity contribution in [3.8, 4) is 22.8 Å². The van der Waals surface area contributed by atoms with Crippen molar-refractivity contribution < 1.29 is 14.3 Å². The summed E-state index contributed by atoms with van der Waals surface area (Å²) in [5.74, 6) is 1.16. The molecule has 7 heteroatoms. The van der Waals surface area contributed by atoms with Gasteiger partial charge in [0.15, 0.2) is 0 Å². The molecule has 3 aromatic carbocycles. The van der Waals surface area contributed by atoms with Gasteiger partial charge < -0.3 is 14.8 Å². The Morgan fingerprint density at radius 1 is 0.914 bits per heavy atom. The number of anilines is 1. The van der Waals surface area contributed by atoms with Crippen LogP contribution in [0.3, 0.4) is 0 Å². The number of fused-ring (bicyclic) bond motifs is 1. The summed E-state index contributed by atoms with van der Waals surface area (Å²) in [6.45, 7) is 0.608. The number of rotatable bonds is 7. The molecule has 0 amide bonds. The molecule has 2 aromatic heterocycles. The number of carbonyl (C=O) groups excluding carboxylic acids is 1. The summed E-state index contributed by atoms with van der Waals surface area (Å²) in [6.07, 6.45) is 1.96. The normalized spacial score (nSPS) is 10.8. The Balaban J connectivity index is 1.56. The smallest absolute Gasteiger partial charge is 0.347 e. The second kappa shape index (κ2) is 10.0. The molecule has 0 fully saturated rings. The molecule has 0 saturated carbocycles. The highest BCUT2D eigenvalue weighted by Crippen LogP contribution is 2.36. The van der Waals surface area contributed by atoms with Crippen LogP contribution in [0.4, 0.5) is 5.82 Å². The molecule has 2 heterocycles.